The molecule has 0 radical (unpaired) electrons. The molecule has 0 bridgehead atoms. The van der Waals surface area contributed by atoms with Crippen LogP contribution in [0.4, 0.5) is 0 Å². The molecule has 1 atom stereocenters. The average molecular weight is 349 g/mol. The summed E-state index contributed by atoms with van der Waals surface area (Å²) >= 11 is 0. The van der Waals surface area contributed by atoms with Crippen molar-refractivity contribution in [3.63, 3.8) is 0 Å². The van der Waals surface area contributed by atoms with Gasteiger partial charge in [-0.3, -0.25) is 9.59 Å². The molecule has 25 heavy (non-hydrogen) atoms. The third kappa shape index (κ3) is 5.29. The molecule has 2 heterocycles. The first kappa shape index (κ1) is 19.4. The van der Waals surface area contributed by atoms with Crippen molar-refractivity contribution in [1.29, 1.82) is 0 Å². The summed E-state index contributed by atoms with van der Waals surface area (Å²) in [5, 5.41) is 6.42. The quantitative estimate of drug-likeness (QED) is 0.746. The number of aromatic amines is 1. The minimum atomic E-state index is -0.593. The van der Waals surface area contributed by atoms with Gasteiger partial charge in [-0.05, 0) is 40.5 Å². The number of aromatic nitrogens is 2. The lowest BCUT2D eigenvalue weighted by atomic mass is 9.79. The standard InChI is InChI=1S/C18H31N5O2/c1-12(24)21-15(7-13-10-19-11-20-13)16(25)23(6)14-8-17(2,3)22-18(4,5)9-14/h10-11,14-15,22H,7-9H2,1-6H3,(H,19,20)(H,21,24)/t15-/m0/s1. The zero-order valence-corrected chi connectivity index (χ0v) is 16.1. The lowest BCUT2D eigenvalue weighted by Crippen LogP contribution is -2.63. The molecule has 0 aromatic carbocycles. The van der Waals surface area contributed by atoms with Gasteiger partial charge in [0.1, 0.15) is 6.04 Å². The predicted octanol–water partition coefficient (Wildman–Crippen LogP) is 1.22. The van der Waals surface area contributed by atoms with Gasteiger partial charge < -0.3 is 20.5 Å². The summed E-state index contributed by atoms with van der Waals surface area (Å²) < 4.78 is 0. The number of piperidine rings is 1. The van der Waals surface area contributed by atoms with E-state index in [9.17, 15) is 9.59 Å². The van der Waals surface area contributed by atoms with Gasteiger partial charge in [0.2, 0.25) is 11.8 Å². The fourth-order valence-corrected chi connectivity index (χ4v) is 4.03. The highest BCUT2D eigenvalue weighted by atomic mass is 16.2. The number of hydrogen-bond donors (Lipinski definition) is 3. The first-order valence-electron chi connectivity index (χ1n) is 8.79. The average Bonchev–Trinajstić information content (AvgIpc) is 2.94. The normalized spacial score (nSPS) is 20.7. The highest BCUT2D eigenvalue weighted by Crippen LogP contribution is 2.31. The monoisotopic (exact) mass is 349 g/mol. The molecule has 2 rings (SSSR count). The molecule has 140 valence electrons. The van der Waals surface area contributed by atoms with Crippen molar-refractivity contribution in [2.45, 2.75) is 77.0 Å². The Labute approximate surface area is 150 Å². The zero-order chi connectivity index (χ0) is 18.8. The zero-order valence-electron chi connectivity index (χ0n) is 16.1. The van der Waals surface area contributed by atoms with Crippen LogP contribution in [-0.4, -0.2) is 56.9 Å². The van der Waals surface area contributed by atoms with Crippen LogP contribution in [-0.2, 0) is 16.0 Å². The third-order valence-electron chi connectivity index (χ3n) is 4.72. The largest absolute Gasteiger partial charge is 0.348 e. The maximum Gasteiger partial charge on any atom is 0.245 e. The molecule has 1 saturated heterocycles. The summed E-state index contributed by atoms with van der Waals surface area (Å²) in [4.78, 5) is 33.4. The highest BCUT2D eigenvalue weighted by molar-refractivity contribution is 5.87. The molecular formula is C18H31N5O2. The van der Waals surface area contributed by atoms with Crippen LogP contribution in [0.2, 0.25) is 0 Å². The van der Waals surface area contributed by atoms with Crippen LogP contribution >= 0.6 is 0 Å². The molecule has 2 amide bonds. The number of likely N-dealkylation sites (N-methyl/N-ethyl adjacent to an activating group) is 1. The van der Waals surface area contributed by atoms with Crippen molar-refractivity contribution in [2.24, 2.45) is 0 Å². The minimum Gasteiger partial charge on any atom is -0.348 e. The molecule has 3 N–H and O–H groups in total. The van der Waals surface area contributed by atoms with Gasteiger partial charge >= 0.3 is 0 Å². The number of hydrogen-bond acceptors (Lipinski definition) is 4. The topological polar surface area (TPSA) is 90.1 Å². The molecule has 0 unspecified atom stereocenters. The Balaban J connectivity index is 2.15. The molecule has 1 aliphatic rings. The number of imidazole rings is 1. The Morgan fingerprint density at radius 2 is 1.92 bits per heavy atom. The van der Waals surface area contributed by atoms with Crippen LogP contribution in [0.1, 0.15) is 53.2 Å². The summed E-state index contributed by atoms with van der Waals surface area (Å²) in [6, 6.07) is -0.471. The molecule has 0 spiro atoms. The first-order chi connectivity index (χ1) is 11.5. The van der Waals surface area contributed by atoms with Gasteiger partial charge in [0.05, 0.1) is 6.33 Å². The summed E-state index contributed by atoms with van der Waals surface area (Å²) in [6.07, 6.45) is 5.40. The Bertz CT molecular complexity index is 593. The number of H-pyrrole nitrogens is 1. The minimum absolute atomic E-state index is 0.0478. The van der Waals surface area contributed by atoms with Crippen molar-refractivity contribution in [2.75, 3.05) is 7.05 Å². The van der Waals surface area contributed by atoms with E-state index < -0.39 is 6.04 Å². The van der Waals surface area contributed by atoms with Crippen molar-refractivity contribution in [1.82, 2.24) is 25.5 Å². The molecule has 7 heteroatoms. The number of nitrogens with one attached hydrogen (secondary N) is 3. The van der Waals surface area contributed by atoms with Crippen LogP contribution in [0.25, 0.3) is 0 Å². The van der Waals surface area contributed by atoms with E-state index >= 15 is 0 Å². The van der Waals surface area contributed by atoms with Gasteiger partial charge in [-0.1, -0.05) is 0 Å². The lowest BCUT2D eigenvalue weighted by molar-refractivity contribution is -0.138. The van der Waals surface area contributed by atoms with Crippen molar-refractivity contribution >= 4 is 11.8 Å². The van der Waals surface area contributed by atoms with Crippen LogP contribution < -0.4 is 10.6 Å². The maximum atomic E-state index is 13.1. The second-order valence-corrected chi connectivity index (χ2v) is 8.44. The Morgan fingerprint density at radius 1 is 1.32 bits per heavy atom. The van der Waals surface area contributed by atoms with Crippen molar-refractivity contribution in [3.05, 3.63) is 18.2 Å². The molecule has 0 aliphatic carbocycles. The van der Waals surface area contributed by atoms with Gasteiger partial charge in [0, 0.05) is 49.4 Å². The number of carbonyl (C=O) groups is 2. The van der Waals surface area contributed by atoms with E-state index in [4.69, 9.17) is 0 Å². The van der Waals surface area contributed by atoms with Crippen molar-refractivity contribution < 1.29 is 9.59 Å². The van der Waals surface area contributed by atoms with Crippen LogP contribution in [0.15, 0.2) is 12.5 Å². The lowest BCUT2D eigenvalue weighted by Gasteiger charge is -2.49. The number of carbonyl (C=O) groups excluding carboxylic acids is 2. The Kier molecular flexibility index (Phi) is 5.56. The van der Waals surface area contributed by atoms with Crippen LogP contribution in [0.5, 0.6) is 0 Å². The van der Waals surface area contributed by atoms with E-state index in [1.165, 1.54) is 6.92 Å². The molecule has 1 aromatic heterocycles. The van der Waals surface area contributed by atoms with Crippen LogP contribution in [0, 0.1) is 0 Å². The molecule has 1 fully saturated rings. The van der Waals surface area contributed by atoms with E-state index in [1.807, 2.05) is 7.05 Å². The third-order valence-corrected chi connectivity index (χ3v) is 4.72. The van der Waals surface area contributed by atoms with Gasteiger partial charge in [-0.2, -0.15) is 0 Å². The summed E-state index contributed by atoms with van der Waals surface area (Å²) in [5.41, 5.74) is 0.730. The van der Waals surface area contributed by atoms with E-state index in [2.05, 4.69) is 48.3 Å². The Morgan fingerprint density at radius 3 is 2.40 bits per heavy atom. The molecule has 0 saturated carbocycles. The van der Waals surface area contributed by atoms with Gasteiger partial charge in [0.25, 0.3) is 0 Å². The fraction of sp³-hybridized carbons (Fsp3) is 0.722. The highest BCUT2D eigenvalue weighted by Gasteiger charge is 2.41. The maximum absolute atomic E-state index is 13.1. The molecule has 1 aromatic rings. The Hall–Kier alpha value is -1.89. The first-order valence-corrected chi connectivity index (χ1v) is 8.79. The SMILES string of the molecule is CC(=O)N[C@@H](Cc1cnc[nH]1)C(=O)N(C)C1CC(C)(C)NC(C)(C)C1. The van der Waals surface area contributed by atoms with Gasteiger partial charge in [-0.15, -0.1) is 0 Å². The fourth-order valence-electron chi connectivity index (χ4n) is 4.03. The second kappa shape index (κ2) is 7.15. The summed E-state index contributed by atoms with van der Waals surface area (Å²) in [6.45, 7) is 10.1. The predicted molar refractivity (Wildman–Crippen MR) is 97.0 cm³/mol. The molecule has 1 aliphatic heterocycles. The van der Waals surface area contributed by atoms with Crippen LogP contribution in [0.3, 0.4) is 0 Å². The van der Waals surface area contributed by atoms with Gasteiger partial charge in [0.15, 0.2) is 0 Å². The number of nitrogens with zero attached hydrogens (tertiary/aromatic N) is 2. The van der Waals surface area contributed by atoms with E-state index in [0.717, 1.165) is 18.5 Å². The van der Waals surface area contributed by atoms with E-state index in [0.29, 0.717) is 6.42 Å². The van der Waals surface area contributed by atoms with E-state index in [-0.39, 0.29) is 28.9 Å². The van der Waals surface area contributed by atoms with Crippen molar-refractivity contribution in [3.8, 4) is 0 Å². The second-order valence-electron chi connectivity index (χ2n) is 8.44. The molecular weight excluding hydrogens is 318 g/mol. The number of amides is 2. The van der Waals surface area contributed by atoms with E-state index in [1.54, 1.807) is 17.4 Å². The number of rotatable bonds is 5. The van der Waals surface area contributed by atoms with Gasteiger partial charge in [-0.25, -0.2) is 4.98 Å². The summed E-state index contributed by atoms with van der Waals surface area (Å²) in [5.74, 6) is -0.277. The summed E-state index contributed by atoms with van der Waals surface area (Å²) in [7, 11) is 1.84. The molecule has 7 nitrogen and oxygen atoms in total. The smallest absolute Gasteiger partial charge is 0.245 e.